The minimum absolute atomic E-state index is 0.0214. The molecule has 2 bridgehead atoms. The fourth-order valence-corrected chi connectivity index (χ4v) is 10.1. The van der Waals surface area contributed by atoms with Crippen LogP contribution in [-0.2, 0) is 14.4 Å². The van der Waals surface area contributed by atoms with Crippen LogP contribution in [0.4, 0.5) is 0 Å². The molecule has 0 saturated carbocycles. The number of unbranched alkanes of at least 4 members (excludes halogenated alkanes) is 1. The monoisotopic (exact) mass is 597 g/mol. The van der Waals surface area contributed by atoms with E-state index in [-0.39, 0.29) is 40.3 Å². The molecular weight excluding hydrogens is 554 g/mol. The lowest BCUT2D eigenvalue weighted by atomic mass is 9.70. The number of rotatable bonds is 14. The first-order valence-electron chi connectivity index (χ1n) is 13.7. The third-order valence-electron chi connectivity index (χ3n) is 8.16. The highest BCUT2D eigenvalue weighted by atomic mass is 79.9. The van der Waals surface area contributed by atoms with Crippen molar-refractivity contribution < 1.29 is 19.5 Å². The molecule has 208 valence electrons. The van der Waals surface area contributed by atoms with E-state index >= 15 is 0 Å². The van der Waals surface area contributed by atoms with E-state index in [2.05, 4.69) is 36.0 Å². The maximum Gasteiger partial charge on any atom is 0.247 e. The Morgan fingerprint density at radius 2 is 1.78 bits per heavy atom. The Morgan fingerprint density at radius 3 is 2.30 bits per heavy atom. The first-order valence-corrected chi connectivity index (χ1v) is 15.5. The van der Waals surface area contributed by atoms with Gasteiger partial charge in [-0.2, -0.15) is 0 Å². The van der Waals surface area contributed by atoms with E-state index < -0.39 is 28.7 Å². The maximum absolute atomic E-state index is 14.4. The first kappa shape index (κ1) is 30.2. The smallest absolute Gasteiger partial charge is 0.247 e. The van der Waals surface area contributed by atoms with Gasteiger partial charge in [0.1, 0.15) is 6.04 Å². The van der Waals surface area contributed by atoms with E-state index in [4.69, 9.17) is 0 Å². The predicted octanol–water partition coefficient (Wildman–Crippen LogP) is 3.71. The number of aliphatic hydroxyl groups excluding tert-OH is 1. The van der Waals surface area contributed by atoms with E-state index in [0.29, 0.717) is 32.6 Å². The topological polar surface area (TPSA) is 81.2 Å². The van der Waals surface area contributed by atoms with Gasteiger partial charge in [-0.05, 0) is 25.2 Å². The molecule has 0 aromatic rings. The van der Waals surface area contributed by atoms with Crippen LogP contribution in [0.3, 0.4) is 0 Å². The predicted molar refractivity (Wildman–Crippen MR) is 154 cm³/mol. The molecule has 3 aliphatic rings. The highest BCUT2D eigenvalue weighted by molar-refractivity contribution is 9.09. The van der Waals surface area contributed by atoms with Crippen LogP contribution in [0.15, 0.2) is 25.3 Å². The number of carbonyl (C=O) groups excluding carboxylic acids is 3. The SMILES string of the molecule is C=CCN(CCCC)C(=O)C1N([C@@H](CO)C(C)C)C(=O)[C@@H]2[C@H](C(=O)N(CC=C)CCC)[C@H]3SC12CC3Br. The fraction of sp³-hybridized carbons (Fsp3) is 0.750. The van der Waals surface area contributed by atoms with Gasteiger partial charge in [-0.1, -0.05) is 62.2 Å². The molecule has 0 radical (unpaired) electrons. The molecule has 1 N–H and O–H groups in total. The van der Waals surface area contributed by atoms with Crippen LogP contribution in [0.5, 0.6) is 0 Å². The molecule has 0 aliphatic carbocycles. The average Bonchev–Trinajstić information content (AvgIpc) is 3.45. The molecule has 37 heavy (non-hydrogen) atoms. The highest BCUT2D eigenvalue weighted by Gasteiger charge is 2.76. The number of nitrogens with zero attached hydrogens (tertiary/aromatic N) is 3. The van der Waals surface area contributed by atoms with Crippen LogP contribution in [0.25, 0.3) is 0 Å². The Kier molecular flexibility index (Phi) is 10.4. The standard InChI is InChI=1S/C28H44BrN3O4S/c1-7-11-15-31(14-10-4)27(36)24-28-16-19(29)23(37-28)21(25(34)30(12-8-2)13-9-3)22(28)26(35)32(24)20(17-33)18(5)6/h8,10,18-24,33H,2,4,7,9,11-17H2,1,3,5-6H3/t19?,20-,21-,22-,23-,24?,28?/m0/s1. The molecule has 9 heteroatoms. The van der Waals surface area contributed by atoms with Gasteiger partial charge in [0.05, 0.1) is 29.2 Å². The van der Waals surface area contributed by atoms with E-state index in [1.807, 2.05) is 20.8 Å². The molecule has 3 amide bonds. The normalized spacial score (nSPS) is 30.9. The average molecular weight is 599 g/mol. The number of fused-ring (bicyclic) bond motifs is 1. The van der Waals surface area contributed by atoms with Crippen molar-refractivity contribution in [1.82, 2.24) is 14.7 Å². The Balaban J connectivity index is 2.13. The van der Waals surface area contributed by atoms with Crippen LogP contribution < -0.4 is 0 Å². The third kappa shape index (κ3) is 5.29. The molecule has 3 heterocycles. The fourth-order valence-electron chi connectivity index (χ4n) is 6.50. The van der Waals surface area contributed by atoms with Crippen molar-refractivity contribution in [3.8, 4) is 0 Å². The molecule has 3 aliphatic heterocycles. The number of halogens is 1. The summed E-state index contributed by atoms with van der Waals surface area (Å²) in [5, 5.41) is 10.3. The maximum atomic E-state index is 14.4. The number of alkyl halides is 1. The van der Waals surface area contributed by atoms with Crippen LogP contribution in [-0.4, -0.2) is 97.2 Å². The summed E-state index contributed by atoms with van der Waals surface area (Å²) in [6.45, 7) is 17.5. The van der Waals surface area contributed by atoms with Crippen molar-refractivity contribution in [2.75, 3.05) is 32.8 Å². The summed E-state index contributed by atoms with van der Waals surface area (Å²) >= 11 is 5.49. The summed E-state index contributed by atoms with van der Waals surface area (Å²) in [7, 11) is 0. The molecule has 3 rings (SSSR count). The van der Waals surface area contributed by atoms with Gasteiger partial charge < -0.3 is 19.8 Å². The van der Waals surface area contributed by atoms with Gasteiger partial charge in [-0.25, -0.2) is 0 Å². The van der Waals surface area contributed by atoms with Crippen molar-refractivity contribution in [3.63, 3.8) is 0 Å². The molecule has 1 spiro atoms. The molecule has 3 fully saturated rings. The first-order chi connectivity index (χ1) is 17.6. The van der Waals surface area contributed by atoms with Gasteiger partial charge in [0.2, 0.25) is 17.7 Å². The zero-order valence-electron chi connectivity index (χ0n) is 22.8. The molecular formula is C28H44BrN3O4S. The van der Waals surface area contributed by atoms with Gasteiger partial charge in [-0.15, -0.1) is 24.9 Å². The van der Waals surface area contributed by atoms with Gasteiger partial charge in [0.15, 0.2) is 0 Å². The Morgan fingerprint density at radius 1 is 1.16 bits per heavy atom. The van der Waals surface area contributed by atoms with Gasteiger partial charge in [0, 0.05) is 36.3 Å². The summed E-state index contributed by atoms with van der Waals surface area (Å²) in [5.41, 5.74) is 0. The lowest BCUT2D eigenvalue weighted by Gasteiger charge is -2.41. The van der Waals surface area contributed by atoms with Gasteiger partial charge in [-0.3, -0.25) is 14.4 Å². The minimum Gasteiger partial charge on any atom is -0.394 e. The molecule has 3 saturated heterocycles. The number of aliphatic hydroxyl groups is 1. The zero-order chi connectivity index (χ0) is 27.5. The summed E-state index contributed by atoms with van der Waals surface area (Å²) in [6, 6.07) is -1.23. The summed E-state index contributed by atoms with van der Waals surface area (Å²) in [6.07, 6.45) is 6.71. The van der Waals surface area contributed by atoms with E-state index in [1.54, 1.807) is 38.6 Å². The van der Waals surface area contributed by atoms with E-state index in [1.165, 1.54) is 0 Å². The molecule has 0 aromatic carbocycles. The third-order valence-corrected chi connectivity index (χ3v) is 11.4. The Labute approximate surface area is 235 Å². The molecule has 0 aromatic heterocycles. The van der Waals surface area contributed by atoms with Crippen LogP contribution in [0, 0.1) is 17.8 Å². The second kappa shape index (κ2) is 12.7. The van der Waals surface area contributed by atoms with Crippen LogP contribution in [0.1, 0.15) is 53.4 Å². The van der Waals surface area contributed by atoms with Gasteiger partial charge >= 0.3 is 0 Å². The second-order valence-corrected chi connectivity index (χ2v) is 13.6. The van der Waals surface area contributed by atoms with Crippen LogP contribution in [0.2, 0.25) is 0 Å². The zero-order valence-corrected chi connectivity index (χ0v) is 25.2. The largest absolute Gasteiger partial charge is 0.394 e. The Bertz CT molecular complexity index is 885. The second-order valence-electron chi connectivity index (χ2n) is 10.9. The minimum atomic E-state index is -0.728. The molecule has 7 atom stereocenters. The number of amides is 3. The lowest BCUT2D eigenvalue weighted by Crippen LogP contribution is -2.58. The van der Waals surface area contributed by atoms with Crippen molar-refractivity contribution in [3.05, 3.63) is 25.3 Å². The highest BCUT2D eigenvalue weighted by Crippen LogP contribution is 2.68. The number of hydrogen-bond acceptors (Lipinski definition) is 5. The molecule has 7 nitrogen and oxygen atoms in total. The van der Waals surface area contributed by atoms with E-state index in [0.717, 1.165) is 19.3 Å². The van der Waals surface area contributed by atoms with Crippen molar-refractivity contribution in [2.45, 2.75) is 80.3 Å². The number of hydrogen-bond donors (Lipinski definition) is 1. The van der Waals surface area contributed by atoms with E-state index in [9.17, 15) is 19.5 Å². The van der Waals surface area contributed by atoms with Crippen LogP contribution >= 0.6 is 27.7 Å². The lowest BCUT2D eigenvalue weighted by molar-refractivity contribution is -0.148. The van der Waals surface area contributed by atoms with Gasteiger partial charge in [0.25, 0.3) is 0 Å². The van der Waals surface area contributed by atoms with Crippen molar-refractivity contribution in [2.24, 2.45) is 17.8 Å². The number of thioether (sulfide) groups is 1. The Hall–Kier alpha value is -1.32. The van der Waals surface area contributed by atoms with Crippen molar-refractivity contribution >= 4 is 45.4 Å². The summed E-state index contributed by atoms with van der Waals surface area (Å²) in [5.74, 6) is -1.44. The quantitative estimate of drug-likeness (QED) is 0.244. The molecule has 3 unspecified atom stereocenters. The number of likely N-dealkylation sites (tertiary alicyclic amines) is 1. The number of carbonyl (C=O) groups is 3. The summed E-state index contributed by atoms with van der Waals surface area (Å²) < 4.78 is -0.715. The summed E-state index contributed by atoms with van der Waals surface area (Å²) in [4.78, 5) is 48.0. The van der Waals surface area contributed by atoms with Crippen molar-refractivity contribution in [1.29, 1.82) is 0 Å².